The number of aliphatic imine (C=N–C) groups is 1. The van der Waals surface area contributed by atoms with E-state index in [-0.39, 0.29) is 5.78 Å². The third kappa shape index (κ3) is 2.90. The molecule has 0 bridgehead atoms. The van der Waals surface area contributed by atoms with Crippen LogP contribution in [-0.4, -0.2) is 12.0 Å². The highest BCUT2D eigenvalue weighted by molar-refractivity contribution is 6.00. The van der Waals surface area contributed by atoms with E-state index < -0.39 is 0 Å². The highest BCUT2D eigenvalue weighted by Crippen LogP contribution is 2.19. The molecule has 0 radical (unpaired) electrons. The van der Waals surface area contributed by atoms with Crippen LogP contribution in [0.3, 0.4) is 0 Å². The third-order valence-corrected chi connectivity index (χ3v) is 3.43. The average Bonchev–Trinajstić information content (AvgIpc) is 2.53. The molecule has 0 atom stereocenters. The summed E-state index contributed by atoms with van der Waals surface area (Å²) in [7, 11) is 0. The maximum Gasteiger partial charge on any atom is 0.159 e. The summed E-state index contributed by atoms with van der Waals surface area (Å²) in [6.07, 6.45) is 1.85. The number of hydrogen-bond donors (Lipinski definition) is 0. The zero-order valence-corrected chi connectivity index (χ0v) is 11.8. The number of benzene rings is 3. The van der Waals surface area contributed by atoms with Crippen molar-refractivity contribution < 1.29 is 4.79 Å². The summed E-state index contributed by atoms with van der Waals surface area (Å²) in [5, 5.41) is 2.37. The van der Waals surface area contributed by atoms with E-state index in [1.54, 1.807) is 13.0 Å². The van der Waals surface area contributed by atoms with Crippen LogP contribution >= 0.6 is 0 Å². The molecule has 0 fully saturated rings. The van der Waals surface area contributed by atoms with Crippen molar-refractivity contribution in [2.24, 2.45) is 4.99 Å². The maximum absolute atomic E-state index is 11.4. The number of nitrogens with zero attached hydrogens (tertiary/aromatic N) is 1. The molecule has 0 saturated carbocycles. The quantitative estimate of drug-likeness (QED) is 0.498. The van der Waals surface area contributed by atoms with Gasteiger partial charge in [0.2, 0.25) is 0 Å². The van der Waals surface area contributed by atoms with Gasteiger partial charge in [-0.25, -0.2) is 0 Å². The topological polar surface area (TPSA) is 29.4 Å². The molecule has 0 N–H and O–H groups in total. The second-order valence-electron chi connectivity index (χ2n) is 4.93. The maximum atomic E-state index is 11.4. The first-order chi connectivity index (χ1) is 10.2. The van der Waals surface area contributed by atoms with Crippen LogP contribution in [0.25, 0.3) is 10.8 Å². The molecule has 2 heteroatoms. The highest BCUT2D eigenvalue weighted by atomic mass is 16.1. The second kappa shape index (κ2) is 5.71. The van der Waals surface area contributed by atoms with Crippen LogP contribution in [0.1, 0.15) is 22.8 Å². The van der Waals surface area contributed by atoms with E-state index in [2.05, 4.69) is 23.2 Å². The van der Waals surface area contributed by atoms with E-state index in [1.807, 2.05) is 48.7 Å². The molecule has 0 amide bonds. The lowest BCUT2D eigenvalue weighted by Gasteiger charge is -2.02. The zero-order chi connectivity index (χ0) is 14.7. The van der Waals surface area contributed by atoms with Gasteiger partial charge in [-0.2, -0.15) is 0 Å². The molecular weight excluding hydrogens is 258 g/mol. The van der Waals surface area contributed by atoms with E-state index in [1.165, 1.54) is 10.8 Å². The molecule has 0 unspecified atom stereocenters. The van der Waals surface area contributed by atoms with Crippen molar-refractivity contribution in [3.05, 3.63) is 77.9 Å². The van der Waals surface area contributed by atoms with Gasteiger partial charge in [-0.15, -0.1) is 0 Å². The second-order valence-corrected chi connectivity index (χ2v) is 4.93. The van der Waals surface area contributed by atoms with Gasteiger partial charge < -0.3 is 0 Å². The first-order valence-electron chi connectivity index (χ1n) is 6.87. The van der Waals surface area contributed by atoms with Crippen molar-refractivity contribution >= 4 is 28.5 Å². The van der Waals surface area contributed by atoms with Crippen LogP contribution in [0.5, 0.6) is 0 Å². The highest BCUT2D eigenvalue weighted by Gasteiger charge is 2.00. The van der Waals surface area contributed by atoms with Gasteiger partial charge in [-0.3, -0.25) is 9.79 Å². The minimum atomic E-state index is 0.0530. The summed E-state index contributed by atoms with van der Waals surface area (Å²) in [4.78, 5) is 15.9. The minimum Gasteiger partial charge on any atom is -0.295 e. The number of rotatable bonds is 3. The molecule has 2 nitrogen and oxygen atoms in total. The van der Waals surface area contributed by atoms with Crippen LogP contribution in [0.4, 0.5) is 5.69 Å². The predicted molar refractivity (Wildman–Crippen MR) is 87.6 cm³/mol. The molecule has 0 saturated heterocycles. The normalized spacial score (nSPS) is 11.1. The minimum absolute atomic E-state index is 0.0530. The fourth-order valence-electron chi connectivity index (χ4n) is 2.31. The first-order valence-corrected chi connectivity index (χ1v) is 6.87. The van der Waals surface area contributed by atoms with Crippen molar-refractivity contribution in [1.82, 2.24) is 0 Å². The predicted octanol–water partition coefficient (Wildman–Crippen LogP) is 4.79. The standard InChI is InChI=1S/C19H15NO/c1-14(21)16-8-5-10-18(12-16)20-13-17-9-4-7-15-6-2-3-11-19(15)17/h2-13H,1H3. The Bertz CT molecular complexity index is 828. The van der Waals surface area contributed by atoms with Crippen LogP contribution < -0.4 is 0 Å². The molecule has 0 aliphatic carbocycles. The largest absolute Gasteiger partial charge is 0.295 e. The zero-order valence-electron chi connectivity index (χ0n) is 11.8. The fourth-order valence-corrected chi connectivity index (χ4v) is 2.31. The van der Waals surface area contributed by atoms with Gasteiger partial charge in [0.15, 0.2) is 5.78 Å². The lowest BCUT2D eigenvalue weighted by Crippen LogP contribution is -1.90. The Morgan fingerprint density at radius 2 is 1.71 bits per heavy atom. The Balaban J connectivity index is 1.98. The van der Waals surface area contributed by atoms with Crippen LogP contribution in [0.15, 0.2) is 71.7 Å². The van der Waals surface area contributed by atoms with Crippen LogP contribution in [-0.2, 0) is 0 Å². The number of hydrogen-bond acceptors (Lipinski definition) is 2. The summed E-state index contributed by atoms with van der Waals surface area (Å²) < 4.78 is 0. The molecule has 3 rings (SSSR count). The van der Waals surface area contributed by atoms with E-state index in [0.717, 1.165) is 11.3 Å². The van der Waals surface area contributed by atoms with Crippen molar-refractivity contribution in [3.63, 3.8) is 0 Å². The number of fused-ring (bicyclic) bond motifs is 1. The fraction of sp³-hybridized carbons (Fsp3) is 0.0526. The smallest absolute Gasteiger partial charge is 0.159 e. The molecule has 0 heterocycles. The molecule has 3 aromatic carbocycles. The SMILES string of the molecule is CC(=O)c1cccc(N=Cc2cccc3ccccc23)c1. The van der Waals surface area contributed by atoms with Gasteiger partial charge >= 0.3 is 0 Å². The summed E-state index contributed by atoms with van der Waals surface area (Å²) in [5.74, 6) is 0.0530. The number of carbonyl (C=O) groups excluding carboxylic acids is 1. The molecule has 21 heavy (non-hydrogen) atoms. The number of ketones is 1. The van der Waals surface area contributed by atoms with Crippen LogP contribution in [0.2, 0.25) is 0 Å². The van der Waals surface area contributed by atoms with Gasteiger partial charge in [0.25, 0.3) is 0 Å². The summed E-state index contributed by atoms with van der Waals surface area (Å²) in [6, 6.07) is 21.7. The van der Waals surface area contributed by atoms with E-state index in [9.17, 15) is 4.79 Å². The number of Topliss-reactive ketones (excluding diaryl/α,β-unsaturated/α-hetero) is 1. The Kier molecular flexibility index (Phi) is 3.61. The molecular formula is C19H15NO. The monoisotopic (exact) mass is 273 g/mol. The first kappa shape index (κ1) is 13.3. The van der Waals surface area contributed by atoms with Crippen molar-refractivity contribution in [1.29, 1.82) is 0 Å². The molecule has 3 aromatic rings. The summed E-state index contributed by atoms with van der Waals surface area (Å²) in [6.45, 7) is 1.56. The van der Waals surface area contributed by atoms with Crippen molar-refractivity contribution in [3.8, 4) is 0 Å². The van der Waals surface area contributed by atoms with Gasteiger partial charge in [0, 0.05) is 17.3 Å². The third-order valence-electron chi connectivity index (χ3n) is 3.43. The Morgan fingerprint density at radius 3 is 2.57 bits per heavy atom. The average molecular weight is 273 g/mol. The Hall–Kier alpha value is -2.74. The van der Waals surface area contributed by atoms with Crippen LogP contribution in [0, 0.1) is 0 Å². The number of carbonyl (C=O) groups is 1. The molecule has 0 aromatic heterocycles. The van der Waals surface area contributed by atoms with Gasteiger partial charge in [0.05, 0.1) is 5.69 Å². The molecule has 0 aliphatic heterocycles. The summed E-state index contributed by atoms with van der Waals surface area (Å²) >= 11 is 0. The van der Waals surface area contributed by atoms with E-state index in [0.29, 0.717) is 5.56 Å². The van der Waals surface area contributed by atoms with Gasteiger partial charge in [-0.1, -0.05) is 54.6 Å². The van der Waals surface area contributed by atoms with E-state index >= 15 is 0 Å². The lowest BCUT2D eigenvalue weighted by molar-refractivity contribution is 0.101. The van der Waals surface area contributed by atoms with E-state index in [4.69, 9.17) is 0 Å². The van der Waals surface area contributed by atoms with Gasteiger partial charge in [-0.05, 0) is 29.8 Å². The Morgan fingerprint density at radius 1 is 0.952 bits per heavy atom. The van der Waals surface area contributed by atoms with Gasteiger partial charge in [0.1, 0.15) is 0 Å². The van der Waals surface area contributed by atoms with Crippen molar-refractivity contribution in [2.45, 2.75) is 6.92 Å². The lowest BCUT2D eigenvalue weighted by atomic mass is 10.1. The molecule has 0 spiro atoms. The molecule has 102 valence electrons. The van der Waals surface area contributed by atoms with Crippen molar-refractivity contribution in [2.75, 3.05) is 0 Å². The molecule has 0 aliphatic rings. The Labute approximate surface area is 123 Å². The summed E-state index contributed by atoms with van der Waals surface area (Å²) in [5.41, 5.74) is 2.54.